The van der Waals surface area contributed by atoms with Crippen LogP contribution in [0.25, 0.3) is 0 Å². The van der Waals surface area contributed by atoms with Crippen LogP contribution in [0.4, 0.5) is 0 Å². The van der Waals surface area contributed by atoms with Crippen molar-refractivity contribution in [2.24, 2.45) is 10.8 Å². The Bertz CT molecular complexity index is 169. The van der Waals surface area contributed by atoms with Crippen LogP contribution in [0.3, 0.4) is 0 Å². The van der Waals surface area contributed by atoms with Gasteiger partial charge in [0.05, 0.1) is 0 Å². The Morgan fingerprint density at radius 3 is 1.58 bits per heavy atom. The Labute approximate surface area is 84.5 Å². The summed E-state index contributed by atoms with van der Waals surface area (Å²) in [6, 6.07) is 0. The zero-order chi connectivity index (χ0) is 9.41. The molecule has 70 valence electrons. The molecule has 0 aromatic heterocycles. The number of hydrogen-bond donors (Lipinski definition) is 0. The SMILES string of the molecule is CC1(C)CCCCC(C)(C)C1=[Se]. The van der Waals surface area contributed by atoms with Gasteiger partial charge in [-0.05, 0) is 0 Å². The first-order valence-corrected chi connectivity index (χ1v) is 5.77. The van der Waals surface area contributed by atoms with Crippen LogP contribution in [0.2, 0.25) is 0 Å². The molecule has 0 aromatic carbocycles. The third-order valence-electron chi connectivity index (χ3n) is 3.08. The summed E-state index contributed by atoms with van der Waals surface area (Å²) in [6.45, 7) is 9.47. The molecule has 1 aliphatic rings. The molecular formula is C11H20Se. The molecule has 0 N–H and O–H groups in total. The molecule has 0 unspecified atom stereocenters. The average molecular weight is 231 g/mol. The second-order valence-corrected chi connectivity index (χ2v) is 6.16. The van der Waals surface area contributed by atoms with E-state index in [1.807, 2.05) is 0 Å². The summed E-state index contributed by atoms with van der Waals surface area (Å²) in [4.78, 5) is 0. The predicted octanol–water partition coefficient (Wildman–Crippen LogP) is 2.95. The van der Waals surface area contributed by atoms with Gasteiger partial charge in [0.2, 0.25) is 0 Å². The van der Waals surface area contributed by atoms with Crippen LogP contribution in [0.1, 0.15) is 53.4 Å². The summed E-state index contributed by atoms with van der Waals surface area (Å²) in [5.41, 5.74) is 0.833. The zero-order valence-corrected chi connectivity index (χ0v) is 10.4. The molecule has 0 radical (unpaired) electrons. The maximum atomic E-state index is 3.32. The van der Waals surface area contributed by atoms with Gasteiger partial charge in [-0.3, -0.25) is 0 Å². The van der Waals surface area contributed by atoms with Crippen molar-refractivity contribution in [3.05, 3.63) is 0 Å². The second-order valence-electron chi connectivity index (χ2n) is 5.30. The van der Waals surface area contributed by atoms with E-state index in [1.165, 1.54) is 25.7 Å². The monoisotopic (exact) mass is 232 g/mol. The van der Waals surface area contributed by atoms with E-state index >= 15 is 0 Å². The van der Waals surface area contributed by atoms with E-state index in [0.717, 1.165) is 0 Å². The Kier molecular flexibility index (Phi) is 2.85. The van der Waals surface area contributed by atoms with Crippen LogP contribution in [0.5, 0.6) is 0 Å². The van der Waals surface area contributed by atoms with Crippen molar-refractivity contribution >= 4 is 20.0 Å². The molecule has 1 heteroatoms. The standard InChI is InChI=1S/C11H20Se/c1-10(2)7-5-6-8-11(3,4)9(10)12/h5-8H2,1-4H3. The van der Waals surface area contributed by atoms with Gasteiger partial charge >= 0.3 is 84.2 Å². The first kappa shape index (κ1) is 10.5. The molecule has 1 aliphatic carbocycles. The van der Waals surface area contributed by atoms with E-state index in [1.54, 1.807) is 4.42 Å². The molecule has 0 aliphatic heterocycles. The van der Waals surface area contributed by atoms with Crippen molar-refractivity contribution < 1.29 is 0 Å². The minimum atomic E-state index is 0.417. The molecule has 12 heavy (non-hydrogen) atoms. The summed E-state index contributed by atoms with van der Waals surface area (Å²) in [5.74, 6) is 0. The molecule has 0 heterocycles. The van der Waals surface area contributed by atoms with E-state index in [0.29, 0.717) is 10.8 Å². The van der Waals surface area contributed by atoms with Crippen molar-refractivity contribution in [1.82, 2.24) is 0 Å². The average Bonchev–Trinajstić information content (AvgIpc) is 2.02. The Morgan fingerprint density at radius 1 is 0.917 bits per heavy atom. The van der Waals surface area contributed by atoms with Crippen molar-refractivity contribution in [3.63, 3.8) is 0 Å². The first-order valence-electron chi connectivity index (χ1n) is 4.91. The predicted molar refractivity (Wildman–Crippen MR) is 56.8 cm³/mol. The Hall–Kier alpha value is 0.389. The van der Waals surface area contributed by atoms with Gasteiger partial charge in [0.1, 0.15) is 0 Å². The normalized spacial score (nSPS) is 28.2. The van der Waals surface area contributed by atoms with Crippen LogP contribution < -0.4 is 0 Å². The van der Waals surface area contributed by atoms with E-state index in [2.05, 4.69) is 43.3 Å². The topological polar surface area (TPSA) is 0 Å². The van der Waals surface area contributed by atoms with Gasteiger partial charge in [0, 0.05) is 0 Å². The first-order chi connectivity index (χ1) is 5.36. The number of rotatable bonds is 0. The van der Waals surface area contributed by atoms with Gasteiger partial charge in [0.15, 0.2) is 0 Å². The molecule has 0 atom stereocenters. The molecule has 0 amide bonds. The fourth-order valence-corrected chi connectivity index (χ4v) is 2.71. The zero-order valence-electron chi connectivity index (χ0n) is 8.74. The number of hydrogen-bond acceptors (Lipinski definition) is 0. The molecule has 1 rings (SSSR count). The van der Waals surface area contributed by atoms with E-state index in [4.69, 9.17) is 0 Å². The van der Waals surface area contributed by atoms with Crippen molar-refractivity contribution in [2.45, 2.75) is 53.4 Å². The summed E-state index contributed by atoms with van der Waals surface area (Å²) in [6.07, 6.45) is 5.47. The molecule has 1 fully saturated rings. The summed E-state index contributed by atoms with van der Waals surface area (Å²) in [5, 5.41) is 0. The van der Waals surface area contributed by atoms with Gasteiger partial charge in [-0.1, -0.05) is 0 Å². The van der Waals surface area contributed by atoms with Crippen molar-refractivity contribution in [1.29, 1.82) is 0 Å². The molecule has 0 aromatic rings. The fraction of sp³-hybridized carbons (Fsp3) is 0.909. The molecule has 1 saturated carbocycles. The van der Waals surface area contributed by atoms with Gasteiger partial charge in [0.25, 0.3) is 0 Å². The summed E-state index contributed by atoms with van der Waals surface area (Å²) in [7, 11) is 0. The Balaban J connectivity index is 2.89. The van der Waals surface area contributed by atoms with Crippen molar-refractivity contribution in [2.75, 3.05) is 0 Å². The van der Waals surface area contributed by atoms with E-state index < -0.39 is 0 Å². The summed E-state index contributed by atoms with van der Waals surface area (Å²) < 4.78 is 1.58. The van der Waals surface area contributed by atoms with Gasteiger partial charge in [-0.25, -0.2) is 0 Å². The third-order valence-corrected chi connectivity index (χ3v) is 5.40. The Morgan fingerprint density at radius 2 is 1.25 bits per heavy atom. The van der Waals surface area contributed by atoms with E-state index in [-0.39, 0.29) is 0 Å². The van der Waals surface area contributed by atoms with Crippen LogP contribution in [-0.4, -0.2) is 20.0 Å². The van der Waals surface area contributed by atoms with Crippen LogP contribution in [-0.2, 0) is 0 Å². The van der Waals surface area contributed by atoms with Crippen molar-refractivity contribution in [3.8, 4) is 0 Å². The second kappa shape index (κ2) is 3.27. The van der Waals surface area contributed by atoms with Gasteiger partial charge < -0.3 is 0 Å². The maximum absolute atomic E-state index is 3.32. The molecule has 0 nitrogen and oxygen atoms in total. The molecular weight excluding hydrogens is 211 g/mol. The van der Waals surface area contributed by atoms with Crippen LogP contribution in [0.15, 0.2) is 0 Å². The molecule has 0 spiro atoms. The fourth-order valence-electron chi connectivity index (χ4n) is 2.28. The molecule has 0 saturated heterocycles. The van der Waals surface area contributed by atoms with Gasteiger partial charge in [-0.15, -0.1) is 0 Å². The third kappa shape index (κ3) is 2.00. The van der Waals surface area contributed by atoms with Crippen LogP contribution in [0, 0.1) is 10.8 Å². The minimum absolute atomic E-state index is 0.417. The molecule has 0 bridgehead atoms. The quantitative estimate of drug-likeness (QED) is 0.444. The summed E-state index contributed by atoms with van der Waals surface area (Å²) >= 11 is 3.32. The van der Waals surface area contributed by atoms with E-state index in [9.17, 15) is 0 Å². The van der Waals surface area contributed by atoms with Gasteiger partial charge in [-0.2, -0.15) is 0 Å². The van der Waals surface area contributed by atoms with Crippen LogP contribution >= 0.6 is 0 Å².